The van der Waals surface area contributed by atoms with Gasteiger partial charge in [0.05, 0.1) is 0 Å². The summed E-state index contributed by atoms with van der Waals surface area (Å²) in [7, 11) is 0. The second kappa shape index (κ2) is 19.8. The van der Waals surface area contributed by atoms with Gasteiger partial charge in [0.2, 0.25) is 23.6 Å². The van der Waals surface area contributed by atoms with Crippen LogP contribution in [0.3, 0.4) is 0 Å². The van der Waals surface area contributed by atoms with E-state index in [0.29, 0.717) is 25.8 Å². The number of hydrogen-bond donors (Lipinski definition) is 5. The molecule has 0 aliphatic carbocycles. The molecule has 0 fully saturated rings. The van der Waals surface area contributed by atoms with Gasteiger partial charge >= 0.3 is 51.4 Å². The molecule has 0 aliphatic rings. The number of unbranched alkanes of at least 4 members (excludes halogenated alkanes) is 1. The van der Waals surface area contributed by atoms with Crippen molar-refractivity contribution in [1.82, 2.24) is 21.3 Å². The van der Waals surface area contributed by atoms with E-state index in [1.54, 1.807) is 0 Å². The fourth-order valence-electron chi connectivity index (χ4n) is 3.79. The van der Waals surface area contributed by atoms with Gasteiger partial charge in [0.15, 0.2) is 0 Å². The van der Waals surface area contributed by atoms with Gasteiger partial charge in [0.1, 0.15) is 12.1 Å². The fourth-order valence-corrected chi connectivity index (χ4v) is 3.79. The topological polar surface area (TPSA) is 142 Å². The normalized spacial score (nSPS) is 13.1. The second-order valence-electron chi connectivity index (χ2n) is 9.18. The van der Waals surface area contributed by atoms with Crippen molar-refractivity contribution in [3.8, 4) is 0 Å². The molecule has 10 heteroatoms. The minimum Gasteiger partial charge on any atom is -0.384 e. The quantitative estimate of drug-likeness (QED) is 0.0982. The van der Waals surface area contributed by atoms with Crippen molar-refractivity contribution in [2.75, 3.05) is 13.1 Å². The van der Waals surface area contributed by atoms with Crippen LogP contribution in [-0.2, 0) is 25.6 Å². The molecule has 0 spiro atoms. The van der Waals surface area contributed by atoms with E-state index in [9.17, 15) is 19.2 Å². The molecule has 3 atom stereocenters. The Morgan fingerprint density at radius 3 is 2.17 bits per heavy atom. The molecule has 0 saturated carbocycles. The average molecular weight is 528 g/mol. The van der Waals surface area contributed by atoms with Crippen molar-refractivity contribution in [3.63, 3.8) is 0 Å². The van der Waals surface area contributed by atoms with Crippen molar-refractivity contribution in [1.29, 1.82) is 0 Å². The third-order valence-electron chi connectivity index (χ3n) is 5.42. The number of benzene rings is 1. The van der Waals surface area contributed by atoms with E-state index >= 15 is 0 Å². The molecule has 9 nitrogen and oxygen atoms in total. The number of carbonyl (C=O) groups excluding carboxylic acids is 4. The van der Waals surface area contributed by atoms with Crippen LogP contribution in [0.4, 0.5) is 0 Å². The zero-order valence-corrected chi connectivity index (χ0v) is 25.4. The van der Waals surface area contributed by atoms with Crippen LogP contribution in [0.1, 0.15) is 58.4 Å². The predicted molar refractivity (Wildman–Crippen MR) is 137 cm³/mol. The molecule has 1 rings (SSSR count). The molecule has 0 radical (unpaired) electrons. The molecule has 6 N–H and O–H groups in total. The van der Waals surface area contributed by atoms with Crippen LogP contribution in [0.5, 0.6) is 0 Å². The number of hydrogen-bond acceptors (Lipinski definition) is 5. The van der Waals surface area contributed by atoms with Crippen molar-refractivity contribution in [2.45, 2.75) is 77.4 Å². The zero-order chi connectivity index (χ0) is 26.2. The van der Waals surface area contributed by atoms with E-state index in [1.807, 2.05) is 44.2 Å². The summed E-state index contributed by atoms with van der Waals surface area (Å²) in [6.45, 7) is 9.67. The van der Waals surface area contributed by atoms with Crippen LogP contribution in [0.25, 0.3) is 0 Å². The Hall–Kier alpha value is -1.30. The van der Waals surface area contributed by atoms with E-state index in [1.165, 1.54) is 6.92 Å². The number of nitrogens with one attached hydrogen (secondary N) is 4. The summed E-state index contributed by atoms with van der Waals surface area (Å²) in [5.41, 5.74) is 6.53. The summed E-state index contributed by atoms with van der Waals surface area (Å²) in [6.07, 6.45) is 2.88. The molecule has 4 amide bonds. The molecule has 196 valence electrons. The summed E-state index contributed by atoms with van der Waals surface area (Å²) in [5.74, 6) is -1.08. The Morgan fingerprint density at radius 2 is 1.61 bits per heavy atom. The standard InChI is InChI=1S/C26H42N5O4.K/c1-5-28-25(34)23(16-20-11-7-6-8-12-20)31-24(33)17-21(13-9-10-14-27)30-26(35)22(15-18(2)3)29-19(4)32;/h6-8,11-12,18,21-23H,1,5,9-10,13-17,27H2,2-4H3,(H,28,34)(H,29,32)(H,30,35)(H,31,33);/q-1;+1. The maximum absolute atomic E-state index is 12.9. The van der Waals surface area contributed by atoms with Crippen LogP contribution >= 0.6 is 0 Å². The minimum atomic E-state index is -0.764. The van der Waals surface area contributed by atoms with Gasteiger partial charge in [-0.1, -0.05) is 50.6 Å². The molecule has 0 saturated heterocycles. The molecular weight excluding hydrogens is 485 g/mol. The van der Waals surface area contributed by atoms with Crippen LogP contribution < -0.4 is 78.4 Å². The molecule has 0 heterocycles. The first kappa shape index (κ1) is 34.7. The van der Waals surface area contributed by atoms with Crippen molar-refractivity contribution in [2.24, 2.45) is 11.7 Å². The van der Waals surface area contributed by atoms with E-state index in [4.69, 9.17) is 5.73 Å². The smallest absolute Gasteiger partial charge is 0.384 e. The van der Waals surface area contributed by atoms with E-state index < -0.39 is 18.1 Å². The third-order valence-corrected chi connectivity index (χ3v) is 5.42. The summed E-state index contributed by atoms with van der Waals surface area (Å²) in [6, 6.07) is 7.52. The van der Waals surface area contributed by atoms with Crippen LogP contribution in [0.2, 0.25) is 0 Å². The molecule has 36 heavy (non-hydrogen) atoms. The summed E-state index contributed by atoms with van der Waals surface area (Å²) < 4.78 is 0. The largest absolute Gasteiger partial charge is 1.00 e. The first-order valence-corrected chi connectivity index (χ1v) is 12.3. The van der Waals surface area contributed by atoms with Gasteiger partial charge in [0, 0.05) is 25.8 Å². The van der Waals surface area contributed by atoms with Gasteiger partial charge < -0.3 is 33.9 Å². The van der Waals surface area contributed by atoms with Crippen molar-refractivity contribution in [3.05, 3.63) is 42.8 Å². The van der Waals surface area contributed by atoms with Gasteiger partial charge in [-0.05, 0) is 37.3 Å². The third kappa shape index (κ3) is 15.1. The average Bonchev–Trinajstić information content (AvgIpc) is 2.78. The summed E-state index contributed by atoms with van der Waals surface area (Å²) in [5, 5.41) is 11.1. The van der Waals surface area contributed by atoms with Crippen molar-refractivity contribution >= 4 is 23.6 Å². The van der Waals surface area contributed by atoms with Gasteiger partial charge in [-0.3, -0.25) is 19.2 Å². The van der Waals surface area contributed by atoms with E-state index in [-0.39, 0.29) is 93.9 Å². The Bertz CT molecular complexity index is 807. The van der Waals surface area contributed by atoms with E-state index in [2.05, 4.69) is 28.2 Å². The first-order chi connectivity index (χ1) is 16.7. The summed E-state index contributed by atoms with van der Waals surface area (Å²) >= 11 is 0. The van der Waals surface area contributed by atoms with Crippen LogP contribution in [-0.4, -0.2) is 54.8 Å². The molecular formula is C26H42KN5O4. The van der Waals surface area contributed by atoms with Gasteiger partial charge in [0.25, 0.3) is 0 Å². The maximum Gasteiger partial charge on any atom is 1.00 e. The zero-order valence-electron chi connectivity index (χ0n) is 22.3. The molecule has 0 aliphatic heterocycles. The number of nitrogens with two attached hydrogens (primary N) is 1. The van der Waals surface area contributed by atoms with E-state index in [0.717, 1.165) is 18.4 Å². The van der Waals surface area contributed by atoms with Crippen LogP contribution in [0.15, 0.2) is 30.3 Å². The Morgan fingerprint density at radius 1 is 0.944 bits per heavy atom. The molecule has 3 unspecified atom stereocenters. The first-order valence-electron chi connectivity index (χ1n) is 12.3. The molecule has 1 aromatic carbocycles. The van der Waals surface area contributed by atoms with Crippen molar-refractivity contribution < 1.29 is 70.6 Å². The molecule has 0 bridgehead atoms. The number of amides is 4. The van der Waals surface area contributed by atoms with Gasteiger partial charge in [-0.15, -0.1) is 6.54 Å². The Balaban J connectivity index is 0.0000122. The second-order valence-corrected chi connectivity index (χ2v) is 9.18. The fraction of sp³-hybridized carbons (Fsp3) is 0.577. The number of rotatable bonds is 16. The van der Waals surface area contributed by atoms with Crippen LogP contribution in [0, 0.1) is 12.8 Å². The number of carbonyl (C=O) groups is 4. The van der Waals surface area contributed by atoms with Gasteiger partial charge in [-0.2, -0.15) is 0 Å². The molecule has 1 aromatic rings. The Labute approximate surface area is 258 Å². The molecule has 0 aromatic heterocycles. The maximum atomic E-state index is 12.9. The minimum absolute atomic E-state index is 0. The van der Waals surface area contributed by atoms with Gasteiger partial charge in [-0.25, -0.2) is 0 Å². The SMILES string of the molecule is [CH2-]CNC(=O)C(Cc1ccccc1)NC(=O)CC(CCCCN)NC(=O)C(CC(C)C)NC(C)=O.[K+]. The summed E-state index contributed by atoms with van der Waals surface area (Å²) in [4.78, 5) is 50.0. The Kier molecular flexibility index (Phi) is 19.0. The predicted octanol–water partition coefficient (Wildman–Crippen LogP) is -1.78. The monoisotopic (exact) mass is 527 g/mol.